The van der Waals surface area contributed by atoms with E-state index in [1.807, 2.05) is 48.5 Å². The Bertz CT molecular complexity index is 1110. The number of rotatable bonds is 4. The SMILES string of the molecule is Cn1cc(S(=O)(=O)N2CC(c3cccc(Cl)c3)C(c3ccccc3)=N2)cn1. The summed E-state index contributed by atoms with van der Waals surface area (Å²) in [5, 5.41) is 9.06. The maximum absolute atomic E-state index is 13.0. The maximum atomic E-state index is 13.0. The molecule has 0 amide bonds. The van der Waals surface area contributed by atoms with Gasteiger partial charge in [-0.05, 0) is 23.3 Å². The minimum absolute atomic E-state index is 0.118. The number of nitrogens with zero attached hydrogens (tertiary/aromatic N) is 4. The van der Waals surface area contributed by atoms with Crippen LogP contribution in [0.25, 0.3) is 0 Å². The van der Waals surface area contributed by atoms with Gasteiger partial charge in [0.25, 0.3) is 10.0 Å². The van der Waals surface area contributed by atoms with Gasteiger partial charge in [0, 0.05) is 24.2 Å². The van der Waals surface area contributed by atoms with Crippen molar-refractivity contribution in [3.05, 3.63) is 83.1 Å². The van der Waals surface area contributed by atoms with Gasteiger partial charge in [0.05, 0.1) is 18.5 Å². The Balaban J connectivity index is 1.79. The second kappa shape index (κ2) is 6.83. The fraction of sp³-hybridized carbons (Fsp3) is 0.158. The van der Waals surface area contributed by atoms with Gasteiger partial charge in [-0.2, -0.15) is 23.0 Å². The summed E-state index contributed by atoms with van der Waals surface area (Å²) in [5.74, 6) is -0.211. The Hall–Kier alpha value is -2.64. The minimum atomic E-state index is -3.78. The van der Waals surface area contributed by atoms with Gasteiger partial charge < -0.3 is 0 Å². The topological polar surface area (TPSA) is 67.6 Å². The van der Waals surface area contributed by atoms with Crippen LogP contribution in [-0.2, 0) is 17.1 Å². The zero-order valence-electron chi connectivity index (χ0n) is 14.5. The van der Waals surface area contributed by atoms with E-state index in [1.54, 1.807) is 13.1 Å². The van der Waals surface area contributed by atoms with Gasteiger partial charge in [-0.1, -0.05) is 54.1 Å². The first kappa shape index (κ1) is 17.8. The highest BCUT2D eigenvalue weighted by Gasteiger charge is 2.36. The van der Waals surface area contributed by atoms with E-state index in [9.17, 15) is 8.42 Å². The molecule has 2 aromatic carbocycles. The highest BCUT2D eigenvalue weighted by molar-refractivity contribution is 7.89. The summed E-state index contributed by atoms with van der Waals surface area (Å²) >= 11 is 6.16. The third-order valence-electron chi connectivity index (χ3n) is 4.47. The average molecular weight is 401 g/mol. The fourth-order valence-corrected chi connectivity index (χ4v) is 4.58. The van der Waals surface area contributed by atoms with E-state index < -0.39 is 10.0 Å². The molecule has 1 unspecified atom stereocenters. The molecule has 3 aromatic rings. The molecule has 0 fully saturated rings. The zero-order chi connectivity index (χ0) is 19.0. The monoisotopic (exact) mass is 400 g/mol. The Morgan fingerprint density at radius 1 is 1.11 bits per heavy atom. The molecule has 2 heterocycles. The predicted molar refractivity (Wildman–Crippen MR) is 104 cm³/mol. The smallest absolute Gasteiger partial charge is 0.274 e. The van der Waals surface area contributed by atoms with E-state index in [4.69, 9.17) is 11.6 Å². The van der Waals surface area contributed by atoms with Crippen LogP contribution in [0.3, 0.4) is 0 Å². The molecule has 0 radical (unpaired) electrons. The number of benzene rings is 2. The summed E-state index contributed by atoms with van der Waals surface area (Å²) in [4.78, 5) is 0.118. The summed E-state index contributed by atoms with van der Waals surface area (Å²) < 4.78 is 28.6. The summed E-state index contributed by atoms with van der Waals surface area (Å²) in [6.07, 6.45) is 2.81. The summed E-state index contributed by atoms with van der Waals surface area (Å²) in [6.45, 7) is 0.210. The lowest BCUT2D eigenvalue weighted by molar-refractivity contribution is 0.451. The highest BCUT2D eigenvalue weighted by Crippen LogP contribution is 2.33. The third-order valence-corrected chi connectivity index (χ3v) is 6.29. The lowest BCUT2D eigenvalue weighted by Crippen LogP contribution is -2.25. The molecule has 6 nitrogen and oxygen atoms in total. The lowest BCUT2D eigenvalue weighted by atomic mass is 9.91. The molecule has 1 aliphatic heterocycles. The molecule has 8 heteroatoms. The number of aryl methyl sites for hydroxylation is 1. The van der Waals surface area contributed by atoms with E-state index in [0.29, 0.717) is 10.7 Å². The standard InChI is InChI=1S/C19H17ClN4O2S/c1-23-12-17(11-21-23)27(25,26)24-13-18(15-8-5-9-16(20)10-15)19(22-24)14-6-3-2-4-7-14/h2-12,18H,13H2,1H3. The van der Waals surface area contributed by atoms with Gasteiger partial charge in [0.1, 0.15) is 4.90 Å². The molecule has 0 aliphatic carbocycles. The molecule has 0 spiro atoms. The molecular formula is C19H17ClN4O2S. The van der Waals surface area contributed by atoms with Crippen molar-refractivity contribution < 1.29 is 8.42 Å². The van der Waals surface area contributed by atoms with E-state index >= 15 is 0 Å². The van der Waals surface area contributed by atoms with Crippen molar-refractivity contribution >= 4 is 27.3 Å². The van der Waals surface area contributed by atoms with E-state index in [-0.39, 0.29) is 17.4 Å². The van der Waals surface area contributed by atoms with Crippen LogP contribution in [0.15, 0.2) is 77.0 Å². The molecule has 1 aromatic heterocycles. The van der Waals surface area contributed by atoms with Gasteiger partial charge in [0.2, 0.25) is 0 Å². The molecule has 138 valence electrons. The summed E-state index contributed by atoms with van der Waals surface area (Å²) in [5.41, 5.74) is 2.51. The predicted octanol–water partition coefficient (Wildman–Crippen LogP) is 3.27. The Morgan fingerprint density at radius 3 is 2.56 bits per heavy atom. The number of halogens is 1. The zero-order valence-corrected chi connectivity index (χ0v) is 16.1. The molecule has 0 saturated heterocycles. The van der Waals surface area contributed by atoms with Crippen LogP contribution in [0.4, 0.5) is 0 Å². The number of sulfonamides is 1. The quantitative estimate of drug-likeness (QED) is 0.675. The summed E-state index contributed by atoms with van der Waals surface area (Å²) in [6, 6.07) is 17.0. The molecule has 0 N–H and O–H groups in total. The van der Waals surface area contributed by atoms with Gasteiger partial charge in [-0.15, -0.1) is 0 Å². The number of hydrazone groups is 1. The molecule has 1 atom stereocenters. The molecule has 27 heavy (non-hydrogen) atoms. The normalized spacial score (nSPS) is 17.2. The Morgan fingerprint density at radius 2 is 1.89 bits per heavy atom. The van der Waals surface area contributed by atoms with Crippen LogP contribution in [0, 0.1) is 0 Å². The molecule has 0 saturated carbocycles. The van der Waals surface area contributed by atoms with Crippen LogP contribution >= 0.6 is 11.6 Å². The average Bonchev–Trinajstić information content (AvgIpc) is 3.30. The van der Waals surface area contributed by atoms with Crippen molar-refractivity contribution in [2.45, 2.75) is 10.8 Å². The molecular weight excluding hydrogens is 384 g/mol. The summed E-state index contributed by atoms with van der Waals surface area (Å²) in [7, 11) is -2.10. The van der Waals surface area contributed by atoms with Crippen LogP contribution < -0.4 is 0 Å². The van der Waals surface area contributed by atoms with Gasteiger partial charge >= 0.3 is 0 Å². The van der Waals surface area contributed by atoms with E-state index in [2.05, 4.69) is 10.2 Å². The second-order valence-corrected chi connectivity index (χ2v) is 8.60. The molecule has 1 aliphatic rings. The Labute approximate surface area is 162 Å². The van der Waals surface area contributed by atoms with Gasteiger partial charge in [0.15, 0.2) is 0 Å². The van der Waals surface area contributed by atoms with Crippen LogP contribution in [0.1, 0.15) is 17.0 Å². The number of hydrogen-bond acceptors (Lipinski definition) is 4. The maximum Gasteiger partial charge on any atom is 0.282 e. The van der Waals surface area contributed by atoms with Crippen LogP contribution in [0.5, 0.6) is 0 Å². The van der Waals surface area contributed by atoms with Gasteiger partial charge in [-0.25, -0.2) is 0 Å². The first-order valence-corrected chi connectivity index (χ1v) is 10.2. The van der Waals surface area contributed by atoms with Crippen molar-refractivity contribution in [2.24, 2.45) is 12.1 Å². The van der Waals surface area contributed by atoms with Crippen LogP contribution in [-0.4, -0.2) is 34.9 Å². The number of aromatic nitrogens is 2. The van der Waals surface area contributed by atoms with Crippen molar-refractivity contribution in [3.8, 4) is 0 Å². The second-order valence-electron chi connectivity index (χ2n) is 6.32. The van der Waals surface area contributed by atoms with E-state index in [0.717, 1.165) is 15.5 Å². The molecule has 0 bridgehead atoms. The highest BCUT2D eigenvalue weighted by atomic mass is 35.5. The third kappa shape index (κ3) is 3.36. The lowest BCUT2D eigenvalue weighted by Gasteiger charge is -2.16. The first-order chi connectivity index (χ1) is 12.9. The number of hydrogen-bond donors (Lipinski definition) is 0. The van der Waals surface area contributed by atoms with Gasteiger partial charge in [-0.3, -0.25) is 4.68 Å². The largest absolute Gasteiger partial charge is 0.282 e. The van der Waals surface area contributed by atoms with Crippen molar-refractivity contribution in [2.75, 3.05) is 6.54 Å². The Kier molecular flexibility index (Phi) is 4.49. The van der Waals surface area contributed by atoms with Crippen molar-refractivity contribution in [3.63, 3.8) is 0 Å². The fourth-order valence-electron chi connectivity index (χ4n) is 3.13. The van der Waals surface area contributed by atoms with E-state index in [1.165, 1.54) is 17.1 Å². The molecule has 4 rings (SSSR count). The first-order valence-electron chi connectivity index (χ1n) is 8.36. The minimum Gasteiger partial charge on any atom is -0.274 e. The van der Waals surface area contributed by atoms with Crippen LogP contribution in [0.2, 0.25) is 5.02 Å². The van der Waals surface area contributed by atoms with Crippen molar-refractivity contribution in [1.82, 2.24) is 14.2 Å². The van der Waals surface area contributed by atoms with Crippen molar-refractivity contribution in [1.29, 1.82) is 0 Å².